The van der Waals surface area contributed by atoms with E-state index in [-0.39, 0.29) is 35.9 Å². The summed E-state index contributed by atoms with van der Waals surface area (Å²) >= 11 is 0. The highest BCUT2D eigenvalue weighted by molar-refractivity contribution is 5.95. The first kappa shape index (κ1) is 24.1. The number of halogens is 1. The monoisotopic (exact) mass is 478 g/mol. The minimum atomic E-state index is -0.517. The quantitative estimate of drug-likeness (QED) is 0.543. The van der Waals surface area contributed by atoms with Gasteiger partial charge < -0.3 is 15.5 Å². The number of hydrogen-bond donors (Lipinski definition) is 2. The number of anilines is 2. The van der Waals surface area contributed by atoms with Gasteiger partial charge in [-0.05, 0) is 61.7 Å². The van der Waals surface area contributed by atoms with Crippen molar-refractivity contribution in [1.29, 1.82) is 0 Å². The Morgan fingerprint density at radius 3 is 2.40 bits per heavy atom. The lowest BCUT2D eigenvalue weighted by molar-refractivity contribution is -0.134. The van der Waals surface area contributed by atoms with Crippen molar-refractivity contribution in [3.8, 4) is 0 Å². The molecular formula is C25H27FN6O3. The zero-order valence-electron chi connectivity index (χ0n) is 19.4. The van der Waals surface area contributed by atoms with Crippen molar-refractivity contribution < 1.29 is 18.8 Å². The fraction of sp³-hybridized carbons (Fsp3) is 0.320. The number of carbonyl (C=O) groups is 3. The van der Waals surface area contributed by atoms with E-state index in [0.717, 1.165) is 12.0 Å². The number of likely N-dealkylation sites (tertiary alicyclic amines) is 1. The Labute approximate surface area is 202 Å². The van der Waals surface area contributed by atoms with Crippen LogP contribution < -0.4 is 10.6 Å². The van der Waals surface area contributed by atoms with Crippen molar-refractivity contribution in [3.63, 3.8) is 0 Å². The SMILES string of the molecule is CC(C(=O)Nc1ccc(NC(=O)C2CCCN(C(=O)Cc3ccc(F)cc3)C2)cc1)n1cncn1. The molecule has 4 rings (SSSR count). The van der Waals surface area contributed by atoms with E-state index < -0.39 is 6.04 Å². The fourth-order valence-electron chi connectivity index (χ4n) is 3.97. The Kier molecular flexibility index (Phi) is 7.49. The summed E-state index contributed by atoms with van der Waals surface area (Å²) in [6, 6.07) is 12.2. The summed E-state index contributed by atoms with van der Waals surface area (Å²) in [5.74, 6) is -1.12. The van der Waals surface area contributed by atoms with Crippen molar-refractivity contribution in [2.45, 2.75) is 32.2 Å². The van der Waals surface area contributed by atoms with Crippen LogP contribution in [-0.2, 0) is 20.8 Å². The molecule has 2 atom stereocenters. The van der Waals surface area contributed by atoms with E-state index in [1.165, 1.54) is 29.5 Å². The molecule has 1 aromatic heterocycles. The molecule has 10 heteroatoms. The highest BCUT2D eigenvalue weighted by atomic mass is 19.1. The van der Waals surface area contributed by atoms with Gasteiger partial charge in [-0.2, -0.15) is 5.10 Å². The average Bonchev–Trinajstić information content (AvgIpc) is 3.41. The molecular weight excluding hydrogens is 451 g/mol. The van der Waals surface area contributed by atoms with Gasteiger partial charge in [-0.1, -0.05) is 12.1 Å². The van der Waals surface area contributed by atoms with Crippen LogP contribution in [0.4, 0.5) is 15.8 Å². The zero-order valence-corrected chi connectivity index (χ0v) is 19.4. The highest BCUT2D eigenvalue weighted by Crippen LogP contribution is 2.21. The van der Waals surface area contributed by atoms with Crippen LogP contribution in [0.2, 0.25) is 0 Å². The molecule has 182 valence electrons. The molecule has 1 aliphatic heterocycles. The van der Waals surface area contributed by atoms with Crippen molar-refractivity contribution in [2.24, 2.45) is 5.92 Å². The summed E-state index contributed by atoms with van der Waals surface area (Å²) in [6.07, 6.45) is 4.46. The zero-order chi connectivity index (χ0) is 24.8. The van der Waals surface area contributed by atoms with E-state index in [1.807, 2.05) is 0 Å². The highest BCUT2D eigenvalue weighted by Gasteiger charge is 2.28. The van der Waals surface area contributed by atoms with Crippen LogP contribution in [0.1, 0.15) is 31.4 Å². The van der Waals surface area contributed by atoms with Crippen molar-refractivity contribution in [2.75, 3.05) is 23.7 Å². The minimum Gasteiger partial charge on any atom is -0.342 e. The molecule has 2 heterocycles. The Morgan fingerprint density at radius 1 is 1.06 bits per heavy atom. The second kappa shape index (κ2) is 10.9. The smallest absolute Gasteiger partial charge is 0.249 e. The molecule has 2 unspecified atom stereocenters. The third-order valence-electron chi connectivity index (χ3n) is 6.05. The van der Waals surface area contributed by atoms with Crippen LogP contribution in [0.25, 0.3) is 0 Å². The Balaban J connectivity index is 1.28. The minimum absolute atomic E-state index is 0.0747. The van der Waals surface area contributed by atoms with Crippen LogP contribution in [0.5, 0.6) is 0 Å². The molecule has 1 aliphatic rings. The first-order valence-corrected chi connectivity index (χ1v) is 11.5. The van der Waals surface area contributed by atoms with E-state index in [4.69, 9.17) is 0 Å². The standard InChI is InChI=1S/C25H27FN6O3/c1-17(32-16-27-15-28-32)24(34)29-21-8-10-22(11-9-21)30-25(35)19-3-2-12-31(14-19)23(33)13-18-4-6-20(26)7-5-18/h4-11,15-17,19H,2-3,12-14H2,1H3,(H,29,34)(H,30,35). The van der Waals surface area contributed by atoms with Gasteiger partial charge in [0.05, 0.1) is 12.3 Å². The molecule has 35 heavy (non-hydrogen) atoms. The lowest BCUT2D eigenvalue weighted by Gasteiger charge is -2.32. The Morgan fingerprint density at radius 2 is 1.74 bits per heavy atom. The van der Waals surface area contributed by atoms with Crippen molar-refractivity contribution in [3.05, 3.63) is 72.6 Å². The van der Waals surface area contributed by atoms with Gasteiger partial charge in [0.1, 0.15) is 24.5 Å². The number of benzene rings is 2. The molecule has 3 amide bonds. The number of aromatic nitrogens is 3. The number of piperidine rings is 1. The van der Waals surface area contributed by atoms with E-state index in [0.29, 0.717) is 30.9 Å². The number of nitrogens with zero attached hydrogens (tertiary/aromatic N) is 4. The summed E-state index contributed by atoms with van der Waals surface area (Å²) in [5, 5.41) is 9.68. The second-order valence-corrected chi connectivity index (χ2v) is 8.59. The normalized spacial score (nSPS) is 16.4. The van der Waals surface area contributed by atoms with Crippen LogP contribution in [0, 0.1) is 11.7 Å². The summed E-state index contributed by atoms with van der Waals surface area (Å²) in [7, 11) is 0. The average molecular weight is 479 g/mol. The van der Waals surface area contributed by atoms with Gasteiger partial charge in [0.15, 0.2) is 0 Å². The third kappa shape index (κ3) is 6.28. The van der Waals surface area contributed by atoms with Crippen LogP contribution in [0.3, 0.4) is 0 Å². The summed E-state index contributed by atoms with van der Waals surface area (Å²) in [6.45, 7) is 2.67. The summed E-state index contributed by atoms with van der Waals surface area (Å²) in [4.78, 5) is 43.4. The largest absolute Gasteiger partial charge is 0.342 e. The molecule has 1 fully saturated rings. The predicted octanol–water partition coefficient (Wildman–Crippen LogP) is 3.04. The second-order valence-electron chi connectivity index (χ2n) is 8.59. The number of rotatable bonds is 7. The molecule has 9 nitrogen and oxygen atoms in total. The van der Waals surface area contributed by atoms with Gasteiger partial charge in [-0.25, -0.2) is 14.1 Å². The van der Waals surface area contributed by atoms with Crippen LogP contribution >= 0.6 is 0 Å². The maximum absolute atomic E-state index is 13.1. The van der Waals surface area contributed by atoms with Gasteiger partial charge in [0.2, 0.25) is 17.7 Å². The van der Waals surface area contributed by atoms with Gasteiger partial charge in [0.25, 0.3) is 0 Å². The van der Waals surface area contributed by atoms with Gasteiger partial charge in [0, 0.05) is 24.5 Å². The molecule has 0 aliphatic carbocycles. The fourth-order valence-corrected chi connectivity index (χ4v) is 3.97. The maximum atomic E-state index is 13.1. The first-order chi connectivity index (χ1) is 16.9. The number of hydrogen-bond acceptors (Lipinski definition) is 5. The number of nitrogens with one attached hydrogen (secondary N) is 2. The number of carbonyl (C=O) groups excluding carboxylic acids is 3. The maximum Gasteiger partial charge on any atom is 0.249 e. The van der Waals surface area contributed by atoms with Crippen LogP contribution in [-0.4, -0.2) is 50.5 Å². The lowest BCUT2D eigenvalue weighted by Crippen LogP contribution is -2.44. The van der Waals surface area contributed by atoms with E-state index in [9.17, 15) is 18.8 Å². The first-order valence-electron chi connectivity index (χ1n) is 11.5. The van der Waals surface area contributed by atoms with E-state index in [1.54, 1.807) is 48.2 Å². The molecule has 0 spiro atoms. The van der Waals surface area contributed by atoms with Gasteiger partial charge in [-0.15, -0.1) is 0 Å². The van der Waals surface area contributed by atoms with Crippen molar-refractivity contribution in [1.82, 2.24) is 19.7 Å². The predicted molar refractivity (Wildman–Crippen MR) is 128 cm³/mol. The molecule has 0 bridgehead atoms. The van der Waals surface area contributed by atoms with Crippen LogP contribution in [0.15, 0.2) is 61.2 Å². The molecule has 1 saturated heterocycles. The molecule has 0 saturated carbocycles. The van der Waals surface area contributed by atoms with E-state index >= 15 is 0 Å². The van der Waals surface area contributed by atoms with Crippen molar-refractivity contribution >= 4 is 29.1 Å². The third-order valence-corrected chi connectivity index (χ3v) is 6.05. The molecule has 2 N–H and O–H groups in total. The summed E-state index contributed by atoms with van der Waals surface area (Å²) < 4.78 is 14.6. The molecule has 3 aromatic rings. The van der Waals surface area contributed by atoms with E-state index in [2.05, 4.69) is 20.7 Å². The topological polar surface area (TPSA) is 109 Å². The Hall–Kier alpha value is -4.08. The molecule has 2 aromatic carbocycles. The van der Waals surface area contributed by atoms with Gasteiger partial charge in [-0.3, -0.25) is 14.4 Å². The summed E-state index contributed by atoms with van der Waals surface area (Å²) in [5.41, 5.74) is 1.94. The van der Waals surface area contributed by atoms with Gasteiger partial charge >= 0.3 is 0 Å². The molecule has 0 radical (unpaired) electrons. The lowest BCUT2D eigenvalue weighted by atomic mass is 9.96. The Bertz CT molecular complexity index is 1160. The number of amides is 3.